The summed E-state index contributed by atoms with van der Waals surface area (Å²) >= 11 is 0. The van der Waals surface area contributed by atoms with E-state index in [1.807, 2.05) is 0 Å². The molecule has 1 aliphatic rings. The molecule has 6 nitrogen and oxygen atoms in total. The van der Waals surface area contributed by atoms with E-state index in [-0.39, 0.29) is 41.8 Å². The van der Waals surface area contributed by atoms with E-state index in [1.54, 1.807) is 13.0 Å². The molecular formula is C18H21F2N3O3S. The summed E-state index contributed by atoms with van der Waals surface area (Å²) in [5.41, 5.74) is 0.954. The van der Waals surface area contributed by atoms with Crippen LogP contribution in [0, 0.1) is 24.5 Å². The number of hydrogen-bond donors (Lipinski definition) is 1. The number of carbonyl (C=O) groups excluding carboxylic acids is 1. The number of rotatable bonds is 6. The molecular weight excluding hydrogens is 376 g/mol. The molecule has 0 spiro atoms. The second kappa shape index (κ2) is 7.75. The molecule has 1 aromatic heterocycles. The lowest BCUT2D eigenvalue weighted by Crippen LogP contribution is -2.33. The van der Waals surface area contributed by atoms with E-state index in [0.29, 0.717) is 18.5 Å². The third-order valence-corrected chi connectivity index (χ3v) is 6.58. The molecule has 1 fully saturated rings. The second-order valence-electron chi connectivity index (χ2n) is 6.93. The van der Waals surface area contributed by atoms with Crippen molar-refractivity contribution < 1.29 is 22.0 Å². The number of benzene rings is 1. The van der Waals surface area contributed by atoms with Crippen molar-refractivity contribution >= 4 is 15.7 Å². The van der Waals surface area contributed by atoms with E-state index >= 15 is 0 Å². The maximum Gasteiger partial charge on any atom is 0.274 e. The minimum atomic E-state index is -3.01. The Kier molecular flexibility index (Phi) is 5.59. The van der Waals surface area contributed by atoms with E-state index in [9.17, 15) is 22.0 Å². The Balaban J connectivity index is 1.78. The fourth-order valence-electron chi connectivity index (χ4n) is 3.26. The highest BCUT2D eigenvalue weighted by Gasteiger charge is 2.29. The maximum atomic E-state index is 14.1. The molecule has 3 rings (SSSR count). The molecule has 9 heteroatoms. The van der Waals surface area contributed by atoms with Gasteiger partial charge in [0.25, 0.3) is 5.91 Å². The number of carbonyl (C=O) groups is 1. The first-order chi connectivity index (χ1) is 12.7. The number of amides is 1. The number of sulfone groups is 1. The number of nitrogens with zero attached hydrogens (tertiary/aromatic N) is 2. The highest BCUT2D eigenvalue weighted by atomic mass is 32.2. The Morgan fingerprint density at radius 3 is 2.78 bits per heavy atom. The van der Waals surface area contributed by atoms with Crippen LogP contribution in [0.3, 0.4) is 0 Å². The van der Waals surface area contributed by atoms with E-state index < -0.39 is 27.4 Å². The third-order valence-electron chi connectivity index (χ3n) is 4.74. The first-order valence-corrected chi connectivity index (χ1v) is 10.5. The van der Waals surface area contributed by atoms with Gasteiger partial charge in [-0.15, -0.1) is 0 Å². The van der Waals surface area contributed by atoms with Gasteiger partial charge in [0.1, 0.15) is 5.69 Å². The molecule has 0 aliphatic carbocycles. The van der Waals surface area contributed by atoms with Crippen molar-refractivity contribution in [3.8, 4) is 0 Å². The van der Waals surface area contributed by atoms with Gasteiger partial charge in [0, 0.05) is 24.3 Å². The molecule has 1 N–H and O–H groups in total. The van der Waals surface area contributed by atoms with E-state index in [1.165, 1.54) is 17.0 Å². The van der Waals surface area contributed by atoms with Crippen molar-refractivity contribution in [3.63, 3.8) is 0 Å². The Labute approximate surface area is 156 Å². The van der Waals surface area contributed by atoms with Gasteiger partial charge in [0.15, 0.2) is 21.5 Å². The number of nitrogens with one attached hydrogen (secondary N) is 1. The highest BCUT2D eigenvalue weighted by Crippen LogP contribution is 2.23. The van der Waals surface area contributed by atoms with Gasteiger partial charge in [0.2, 0.25) is 0 Å². The van der Waals surface area contributed by atoms with Crippen LogP contribution in [-0.2, 0) is 16.4 Å². The summed E-state index contributed by atoms with van der Waals surface area (Å²) in [7, 11) is -3.01. The molecule has 1 atom stereocenters. The molecule has 1 amide bonds. The van der Waals surface area contributed by atoms with Crippen LogP contribution in [0.2, 0.25) is 0 Å². The zero-order valence-electron chi connectivity index (χ0n) is 14.9. The molecule has 27 heavy (non-hydrogen) atoms. The topological polar surface area (TPSA) is 83.1 Å². The van der Waals surface area contributed by atoms with Crippen molar-refractivity contribution in [1.29, 1.82) is 0 Å². The van der Waals surface area contributed by atoms with Gasteiger partial charge in [-0.25, -0.2) is 17.2 Å². The molecule has 0 radical (unpaired) electrons. The highest BCUT2D eigenvalue weighted by molar-refractivity contribution is 7.91. The molecule has 1 saturated heterocycles. The molecule has 0 bridgehead atoms. The fraction of sp³-hybridized carbons (Fsp3) is 0.444. The van der Waals surface area contributed by atoms with Gasteiger partial charge in [-0.05, 0) is 37.8 Å². The Morgan fingerprint density at radius 2 is 2.15 bits per heavy atom. The molecule has 146 valence electrons. The summed E-state index contributed by atoms with van der Waals surface area (Å²) in [6.07, 6.45) is 1.03. The number of halogens is 2. The smallest absolute Gasteiger partial charge is 0.274 e. The van der Waals surface area contributed by atoms with Crippen molar-refractivity contribution in [2.24, 2.45) is 5.92 Å². The van der Waals surface area contributed by atoms with Gasteiger partial charge >= 0.3 is 0 Å². The van der Waals surface area contributed by atoms with Gasteiger partial charge < -0.3 is 4.90 Å². The number of aromatic nitrogens is 2. The minimum Gasteiger partial charge on any atom is -0.333 e. The Bertz CT molecular complexity index is 943. The van der Waals surface area contributed by atoms with Crippen molar-refractivity contribution in [1.82, 2.24) is 15.1 Å². The van der Waals surface area contributed by atoms with Crippen molar-refractivity contribution in [3.05, 3.63) is 52.9 Å². The first kappa shape index (κ1) is 19.5. The van der Waals surface area contributed by atoms with Crippen LogP contribution < -0.4 is 0 Å². The maximum absolute atomic E-state index is 14.1. The van der Waals surface area contributed by atoms with E-state index in [2.05, 4.69) is 10.2 Å². The van der Waals surface area contributed by atoms with Crippen LogP contribution in [0.1, 0.15) is 34.6 Å². The normalized spacial score (nSPS) is 18.6. The average Bonchev–Trinajstić information content (AvgIpc) is 3.19. The predicted octanol–water partition coefficient (Wildman–Crippen LogP) is 2.46. The van der Waals surface area contributed by atoms with Crippen LogP contribution in [0.15, 0.2) is 24.3 Å². The summed E-state index contributed by atoms with van der Waals surface area (Å²) in [6, 6.07) is 5.41. The van der Waals surface area contributed by atoms with E-state index in [0.717, 1.165) is 6.07 Å². The van der Waals surface area contributed by atoms with Crippen LogP contribution in [0.25, 0.3) is 0 Å². The molecule has 1 unspecified atom stereocenters. The fourth-order valence-corrected chi connectivity index (χ4v) is 5.17. The standard InChI is InChI=1S/C18H21F2N3O3S/c1-12-9-16(22-21-12)18(24)23(7-5-13-6-8-27(25,26)11-13)10-14-3-2-4-15(19)17(14)20/h2-4,9,13H,5-8,10-11H2,1H3,(H,21,22). The van der Waals surface area contributed by atoms with Gasteiger partial charge in [-0.1, -0.05) is 12.1 Å². The molecule has 2 heterocycles. The largest absolute Gasteiger partial charge is 0.333 e. The number of H-pyrrole nitrogens is 1. The molecule has 1 aliphatic heterocycles. The first-order valence-electron chi connectivity index (χ1n) is 8.70. The van der Waals surface area contributed by atoms with Gasteiger partial charge in [0.05, 0.1) is 11.5 Å². The lowest BCUT2D eigenvalue weighted by atomic mass is 10.0. The van der Waals surface area contributed by atoms with Crippen LogP contribution in [0.4, 0.5) is 8.78 Å². The van der Waals surface area contributed by atoms with Crippen LogP contribution in [-0.4, -0.2) is 47.5 Å². The van der Waals surface area contributed by atoms with Crippen molar-refractivity contribution in [2.75, 3.05) is 18.1 Å². The summed E-state index contributed by atoms with van der Waals surface area (Å²) in [5, 5.41) is 6.63. The predicted molar refractivity (Wildman–Crippen MR) is 95.8 cm³/mol. The number of hydrogen-bond acceptors (Lipinski definition) is 4. The summed E-state index contributed by atoms with van der Waals surface area (Å²) in [4.78, 5) is 14.2. The van der Waals surface area contributed by atoms with Crippen molar-refractivity contribution in [2.45, 2.75) is 26.3 Å². The average molecular weight is 397 g/mol. The Morgan fingerprint density at radius 1 is 1.37 bits per heavy atom. The monoisotopic (exact) mass is 397 g/mol. The summed E-state index contributed by atoms with van der Waals surface area (Å²) in [6.45, 7) is 1.87. The zero-order valence-corrected chi connectivity index (χ0v) is 15.7. The van der Waals surface area contributed by atoms with E-state index in [4.69, 9.17) is 0 Å². The lowest BCUT2D eigenvalue weighted by molar-refractivity contribution is 0.0726. The quantitative estimate of drug-likeness (QED) is 0.812. The van der Waals surface area contributed by atoms with Gasteiger partial charge in [-0.2, -0.15) is 5.10 Å². The minimum absolute atomic E-state index is 0.0384. The lowest BCUT2D eigenvalue weighted by Gasteiger charge is -2.23. The molecule has 2 aromatic rings. The summed E-state index contributed by atoms with van der Waals surface area (Å²) in [5.74, 6) is -2.16. The van der Waals surface area contributed by atoms with Crippen LogP contribution in [0.5, 0.6) is 0 Å². The second-order valence-corrected chi connectivity index (χ2v) is 9.16. The zero-order chi connectivity index (χ0) is 19.6. The van der Waals surface area contributed by atoms with Crippen LogP contribution >= 0.6 is 0 Å². The third kappa shape index (κ3) is 4.71. The number of aryl methyl sites for hydroxylation is 1. The number of aromatic amines is 1. The Hall–Kier alpha value is -2.29. The summed E-state index contributed by atoms with van der Waals surface area (Å²) < 4.78 is 50.8. The van der Waals surface area contributed by atoms with Gasteiger partial charge in [-0.3, -0.25) is 9.89 Å². The SMILES string of the molecule is Cc1cc(C(=O)N(CCC2CCS(=O)(=O)C2)Cc2cccc(F)c2F)n[nH]1. The molecule has 1 aromatic carbocycles. The molecule has 0 saturated carbocycles.